The average Bonchev–Trinajstić information content (AvgIpc) is 2.96. The first kappa shape index (κ1) is 13.8. The Morgan fingerprint density at radius 1 is 1.30 bits per heavy atom. The molecule has 108 valence electrons. The van der Waals surface area contributed by atoms with Gasteiger partial charge in [0.05, 0.1) is 6.20 Å². The maximum absolute atomic E-state index is 4.24. The van der Waals surface area contributed by atoms with Gasteiger partial charge < -0.3 is 5.32 Å². The summed E-state index contributed by atoms with van der Waals surface area (Å²) in [4.78, 5) is 5.29. The Hall–Kier alpha value is -1.17. The molecule has 2 unspecified atom stereocenters. The van der Waals surface area contributed by atoms with Crippen LogP contribution in [0.2, 0.25) is 0 Å². The van der Waals surface area contributed by atoms with Crippen molar-refractivity contribution in [3.8, 4) is 10.4 Å². The first-order valence-electron chi connectivity index (χ1n) is 7.16. The van der Waals surface area contributed by atoms with Crippen LogP contribution < -0.4 is 5.32 Å². The van der Waals surface area contributed by atoms with Gasteiger partial charge in [-0.3, -0.25) is 9.58 Å². The maximum atomic E-state index is 4.24. The number of nitrogens with one attached hydrogen (secondary N) is 1. The van der Waals surface area contributed by atoms with E-state index in [1.165, 1.54) is 15.3 Å². The van der Waals surface area contributed by atoms with Gasteiger partial charge in [-0.2, -0.15) is 5.10 Å². The molecule has 1 aliphatic rings. The molecular weight excluding hydrogens is 268 g/mol. The SMILES string of the molecule is CC1CN(Cc2ccc(-c3cnn(C)c3)s2)CC(C)N1. The minimum Gasteiger partial charge on any atom is -0.309 e. The zero-order chi connectivity index (χ0) is 14.1. The highest BCUT2D eigenvalue weighted by Gasteiger charge is 2.21. The minimum atomic E-state index is 0.580. The second-order valence-electron chi connectivity index (χ2n) is 5.83. The Morgan fingerprint density at radius 3 is 2.70 bits per heavy atom. The number of thiophene rings is 1. The second-order valence-corrected chi connectivity index (χ2v) is 7.00. The summed E-state index contributed by atoms with van der Waals surface area (Å²) in [6, 6.07) is 5.63. The predicted molar refractivity (Wildman–Crippen MR) is 83.9 cm³/mol. The Kier molecular flexibility index (Phi) is 3.92. The number of aromatic nitrogens is 2. The fraction of sp³-hybridized carbons (Fsp3) is 0.533. The van der Waals surface area contributed by atoms with Crippen molar-refractivity contribution in [3.63, 3.8) is 0 Å². The van der Waals surface area contributed by atoms with Crippen molar-refractivity contribution in [2.45, 2.75) is 32.5 Å². The molecule has 4 nitrogen and oxygen atoms in total. The molecule has 0 aliphatic carbocycles. The van der Waals surface area contributed by atoms with Gasteiger partial charge in [0, 0.05) is 60.3 Å². The third-order valence-electron chi connectivity index (χ3n) is 3.66. The molecule has 2 aromatic rings. The largest absolute Gasteiger partial charge is 0.309 e. The summed E-state index contributed by atoms with van der Waals surface area (Å²) >= 11 is 1.88. The van der Waals surface area contributed by atoms with Crippen molar-refractivity contribution in [2.75, 3.05) is 13.1 Å². The van der Waals surface area contributed by atoms with Gasteiger partial charge in [0.25, 0.3) is 0 Å². The molecule has 1 fully saturated rings. The van der Waals surface area contributed by atoms with E-state index in [4.69, 9.17) is 0 Å². The number of aryl methyl sites for hydroxylation is 1. The van der Waals surface area contributed by atoms with Crippen LogP contribution in [-0.4, -0.2) is 39.9 Å². The third-order valence-corrected chi connectivity index (χ3v) is 4.78. The highest BCUT2D eigenvalue weighted by atomic mass is 32.1. The molecular formula is C15H22N4S. The molecule has 3 heterocycles. The second kappa shape index (κ2) is 5.68. The first-order valence-corrected chi connectivity index (χ1v) is 7.98. The van der Waals surface area contributed by atoms with Crippen LogP contribution in [0, 0.1) is 0 Å². The molecule has 0 bridgehead atoms. The van der Waals surface area contributed by atoms with Crippen molar-refractivity contribution < 1.29 is 0 Å². The molecule has 1 N–H and O–H groups in total. The van der Waals surface area contributed by atoms with Gasteiger partial charge in [-0.1, -0.05) is 0 Å². The Balaban J connectivity index is 1.68. The van der Waals surface area contributed by atoms with E-state index in [9.17, 15) is 0 Å². The molecule has 1 saturated heterocycles. The number of nitrogens with zero attached hydrogens (tertiary/aromatic N) is 3. The van der Waals surface area contributed by atoms with Crippen molar-refractivity contribution >= 4 is 11.3 Å². The minimum absolute atomic E-state index is 0.580. The normalized spacial score (nSPS) is 24.1. The molecule has 3 rings (SSSR count). The van der Waals surface area contributed by atoms with Crippen molar-refractivity contribution in [3.05, 3.63) is 29.4 Å². The monoisotopic (exact) mass is 290 g/mol. The molecule has 0 spiro atoms. The van der Waals surface area contributed by atoms with Crippen LogP contribution in [0.3, 0.4) is 0 Å². The Labute approximate surface area is 124 Å². The van der Waals surface area contributed by atoms with Crippen LogP contribution in [0.1, 0.15) is 18.7 Å². The van der Waals surface area contributed by atoms with Crippen molar-refractivity contribution in [1.29, 1.82) is 0 Å². The summed E-state index contributed by atoms with van der Waals surface area (Å²) in [5.41, 5.74) is 1.21. The van der Waals surface area contributed by atoms with Crippen LogP contribution in [0.5, 0.6) is 0 Å². The standard InChI is InChI=1S/C15H22N4S/c1-11-7-19(8-12(2)17-11)10-14-4-5-15(20-14)13-6-16-18(3)9-13/h4-6,9,11-12,17H,7-8,10H2,1-3H3. The quantitative estimate of drug-likeness (QED) is 0.942. The molecule has 20 heavy (non-hydrogen) atoms. The highest BCUT2D eigenvalue weighted by Crippen LogP contribution is 2.28. The van der Waals surface area contributed by atoms with E-state index in [-0.39, 0.29) is 0 Å². The van der Waals surface area contributed by atoms with Crippen LogP contribution in [0.4, 0.5) is 0 Å². The smallest absolute Gasteiger partial charge is 0.0576 e. The summed E-state index contributed by atoms with van der Waals surface area (Å²) in [5.74, 6) is 0. The number of rotatable bonds is 3. The van der Waals surface area contributed by atoms with Crippen LogP contribution in [0.15, 0.2) is 24.5 Å². The number of hydrogen-bond acceptors (Lipinski definition) is 4. The summed E-state index contributed by atoms with van der Waals surface area (Å²) < 4.78 is 1.86. The van der Waals surface area contributed by atoms with Crippen molar-refractivity contribution in [1.82, 2.24) is 20.0 Å². The van der Waals surface area contributed by atoms with E-state index in [1.807, 2.05) is 29.3 Å². The molecule has 1 aliphatic heterocycles. The zero-order valence-electron chi connectivity index (χ0n) is 12.3. The van der Waals surface area contributed by atoms with E-state index >= 15 is 0 Å². The van der Waals surface area contributed by atoms with Gasteiger partial charge in [0.15, 0.2) is 0 Å². The van der Waals surface area contributed by atoms with Crippen LogP contribution in [-0.2, 0) is 13.6 Å². The molecule has 2 atom stereocenters. The summed E-state index contributed by atoms with van der Waals surface area (Å²) in [6.07, 6.45) is 4.01. The van der Waals surface area contributed by atoms with Crippen LogP contribution in [0.25, 0.3) is 10.4 Å². The lowest BCUT2D eigenvalue weighted by Crippen LogP contribution is -2.53. The van der Waals surface area contributed by atoms with Gasteiger partial charge in [-0.05, 0) is 26.0 Å². The van der Waals surface area contributed by atoms with E-state index in [0.717, 1.165) is 19.6 Å². The summed E-state index contributed by atoms with van der Waals surface area (Å²) in [6.45, 7) is 7.84. The number of piperazine rings is 1. The lowest BCUT2D eigenvalue weighted by atomic mass is 10.1. The van der Waals surface area contributed by atoms with E-state index in [2.05, 4.69) is 47.5 Å². The Bertz CT molecular complexity index is 564. The van der Waals surface area contributed by atoms with Crippen molar-refractivity contribution in [2.24, 2.45) is 7.05 Å². The van der Waals surface area contributed by atoms with Gasteiger partial charge in [-0.15, -0.1) is 11.3 Å². The lowest BCUT2D eigenvalue weighted by Gasteiger charge is -2.35. The maximum Gasteiger partial charge on any atom is 0.0576 e. The highest BCUT2D eigenvalue weighted by molar-refractivity contribution is 7.15. The molecule has 0 radical (unpaired) electrons. The molecule has 0 saturated carbocycles. The van der Waals surface area contributed by atoms with E-state index in [1.54, 1.807) is 0 Å². The number of hydrogen-bond donors (Lipinski definition) is 1. The summed E-state index contributed by atoms with van der Waals surface area (Å²) in [5, 5.41) is 7.82. The summed E-state index contributed by atoms with van der Waals surface area (Å²) in [7, 11) is 1.96. The average molecular weight is 290 g/mol. The lowest BCUT2D eigenvalue weighted by molar-refractivity contribution is 0.168. The third kappa shape index (κ3) is 3.11. The van der Waals surface area contributed by atoms with Crippen LogP contribution >= 0.6 is 11.3 Å². The van der Waals surface area contributed by atoms with Gasteiger partial charge in [0.2, 0.25) is 0 Å². The van der Waals surface area contributed by atoms with Gasteiger partial charge >= 0.3 is 0 Å². The van der Waals surface area contributed by atoms with E-state index < -0.39 is 0 Å². The molecule has 0 aromatic carbocycles. The topological polar surface area (TPSA) is 33.1 Å². The molecule has 0 amide bonds. The van der Waals surface area contributed by atoms with Gasteiger partial charge in [-0.25, -0.2) is 0 Å². The molecule has 2 aromatic heterocycles. The Morgan fingerprint density at radius 2 is 2.05 bits per heavy atom. The fourth-order valence-electron chi connectivity index (χ4n) is 2.96. The van der Waals surface area contributed by atoms with Gasteiger partial charge in [0.1, 0.15) is 0 Å². The zero-order valence-corrected chi connectivity index (χ0v) is 13.2. The van der Waals surface area contributed by atoms with E-state index in [0.29, 0.717) is 12.1 Å². The predicted octanol–water partition coefficient (Wildman–Crippen LogP) is 2.33. The fourth-order valence-corrected chi connectivity index (χ4v) is 3.98. The molecule has 5 heteroatoms. The first-order chi connectivity index (χ1) is 9.60.